The number of aryl methyl sites for hydroxylation is 3. The highest BCUT2D eigenvalue weighted by atomic mass is 14.8. The second-order valence-corrected chi connectivity index (χ2v) is 9.57. The van der Waals surface area contributed by atoms with E-state index in [1.165, 1.54) is 33.4 Å². The minimum Gasteiger partial charge on any atom is -0.254 e. The zero-order chi connectivity index (χ0) is 24.0. The molecule has 1 aromatic heterocycles. The molecule has 2 heteroatoms. The van der Waals surface area contributed by atoms with Gasteiger partial charge in [0.05, 0.1) is 23.3 Å². The fraction of sp³-hybridized carbons (Fsp3) is 0.355. The molecule has 2 nitrogen and oxygen atoms in total. The first-order valence-electron chi connectivity index (χ1n) is 12.2. The third kappa shape index (κ3) is 6.07. The molecular formula is C31H38N2. The van der Waals surface area contributed by atoms with Crippen LogP contribution < -0.4 is 0 Å². The number of unbranched alkanes of at least 4 members (excludes halogenated alkanes) is 1. The molecule has 0 fully saturated rings. The van der Waals surface area contributed by atoms with Crippen LogP contribution in [-0.4, -0.2) is 11.2 Å². The third-order valence-electron chi connectivity index (χ3n) is 6.25. The van der Waals surface area contributed by atoms with Crippen molar-refractivity contribution < 1.29 is 0 Å². The van der Waals surface area contributed by atoms with Crippen LogP contribution in [0.4, 0.5) is 5.69 Å². The molecule has 0 saturated heterocycles. The number of aromatic nitrogens is 1. The molecular weight excluding hydrogens is 400 g/mol. The topological polar surface area (TPSA) is 25.2 Å². The summed E-state index contributed by atoms with van der Waals surface area (Å²) >= 11 is 0. The van der Waals surface area contributed by atoms with Crippen molar-refractivity contribution >= 4 is 11.9 Å². The molecule has 1 heterocycles. The van der Waals surface area contributed by atoms with Crippen LogP contribution in [-0.2, 0) is 6.42 Å². The molecule has 172 valence electrons. The summed E-state index contributed by atoms with van der Waals surface area (Å²) in [5.74, 6) is 0.842. The van der Waals surface area contributed by atoms with E-state index in [2.05, 4.69) is 90.6 Å². The number of rotatable bonds is 9. The lowest BCUT2D eigenvalue weighted by Crippen LogP contribution is -1.98. The van der Waals surface area contributed by atoms with Crippen LogP contribution in [0.15, 0.2) is 66.2 Å². The molecule has 0 N–H and O–H groups in total. The van der Waals surface area contributed by atoms with Crippen molar-refractivity contribution in [3.05, 3.63) is 94.7 Å². The summed E-state index contributed by atoms with van der Waals surface area (Å²) in [5.41, 5.74) is 10.8. The van der Waals surface area contributed by atoms with Crippen LogP contribution in [0.1, 0.15) is 85.9 Å². The Balaban J connectivity index is 1.97. The quantitative estimate of drug-likeness (QED) is 0.186. The summed E-state index contributed by atoms with van der Waals surface area (Å²) in [7, 11) is 0. The highest BCUT2D eigenvalue weighted by Crippen LogP contribution is 2.34. The van der Waals surface area contributed by atoms with E-state index in [4.69, 9.17) is 9.98 Å². The van der Waals surface area contributed by atoms with Crippen LogP contribution in [0.25, 0.3) is 11.3 Å². The van der Waals surface area contributed by atoms with E-state index in [9.17, 15) is 0 Å². The summed E-state index contributed by atoms with van der Waals surface area (Å²) in [4.78, 5) is 9.93. The Labute approximate surface area is 200 Å². The monoisotopic (exact) mass is 438 g/mol. The zero-order valence-corrected chi connectivity index (χ0v) is 21.2. The van der Waals surface area contributed by atoms with Crippen LogP contribution in [0.5, 0.6) is 0 Å². The van der Waals surface area contributed by atoms with Gasteiger partial charge < -0.3 is 0 Å². The van der Waals surface area contributed by atoms with Gasteiger partial charge in [-0.05, 0) is 91.0 Å². The Hall–Kier alpha value is -3.00. The van der Waals surface area contributed by atoms with Crippen molar-refractivity contribution in [3.63, 3.8) is 0 Å². The summed E-state index contributed by atoms with van der Waals surface area (Å²) < 4.78 is 0. The van der Waals surface area contributed by atoms with E-state index in [1.807, 2.05) is 18.4 Å². The van der Waals surface area contributed by atoms with Crippen molar-refractivity contribution in [3.8, 4) is 11.3 Å². The van der Waals surface area contributed by atoms with Crippen LogP contribution in [0, 0.1) is 13.8 Å². The van der Waals surface area contributed by atoms with Gasteiger partial charge >= 0.3 is 0 Å². The van der Waals surface area contributed by atoms with Gasteiger partial charge in [0.15, 0.2) is 0 Å². The lowest BCUT2D eigenvalue weighted by molar-refractivity contribution is 0.835. The molecule has 0 aliphatic heterocycles. The second-order valence-electron chi connectivity index (χ2n) is 9.57. The van der Waals surface area contributed by atoms with Gasteiger partial charge in [-0.25, -0.2) is 4.98 Å². The molecule has 0 bridgehead atoms. The second kappa shape index (κ2) is 11.2. The summed E-state index contributed by atoms with van der Waals surface area (Å²) in [6.07, 6.45) is 7.15. The number of hydrogen-bond acceptors (Lipinski definition) is 2. The molecule has 0 atom stereocenters. The highest BCUT2D eigenvalue weighted by Gasteiger charge is 2.13. The predicted molar refractivity (Wildman–Crippen MR) is 144 cm³/mol. The van der Waals surface area contributed by atoms with Gasteiger partial charge in [0, 0.05) is 5.56 Å². The summed E-state index contributed by atoms with van der Waals surface area (Å²) in [6, 6.07) is 17.4. The van der Waals surface area contributed by atoms with Crippen molar-refractivity contribution in [2.24, 2.45) is 4.99 Å². The van der Waals surface area contributed by atoms with E-state index in [0.717, 1.165) is 36.3 Å². The first kappa shape index (κ1) is 24.6. The Bertz CT molecular complexity index is 1110. The number of nitrogens with zero attached hydrogens (tertiary/aromatic N) is 2. The highest BCUT2D eigenvalue weighted by molar-refractivity contribution is 5.82. The minimum absolute atomic E-state index is 0.421. The first-order chi connectivity index (χ1) is 15.8. The first-order valence-corrected chi connectivity index (χ1v) is 12.2. The minimum atomic E-state index is 0.421. The maximum Gasteiger partial charge on any atom is 0.0820 e. The van der Waals surface area contributed by atoms with Gasteiger partial charge in [0.1, 0.15) is 0 Å². The number of hydrogen-bond donors (Lipinski definition) is 0. The average molecular weight is 439 g/mol. The van der Waals surface area contributed by atoms with Gasteiger partial charge in [-0.3, -0.25) is 4.99 Å². The molecule has 0 saturated carbocycles. The van der Waals surface area contributed by atoms with Crippen LogP contribution in [0.2, 0.25) is 0 Å². The largest absolute Gasteiger partial charge is 0.254 e. The van der Waals surface area contributed by atoms with Gasteiger partial charge in [0.25, 0.3) is 0 Å². The Kier molecular flexibility index (Phi) is 8.38. The fourth-order valence-electron chi connectivity index (χ4n) is 4.34. The standard InChI is InChI=1S/C31H38N2/c1-8-9-10-13-25-19-29(24(7)18-23(25)6)30-17-11-14-26(33-30)20-32-31-27(21(2)3)15-12-16-28(31)22(4)5/h8,11-12,14-22H,1,9-10,13H2,2-7H3. The van der Waals surface area contributed by atoms with Crippen molar-refractivity contribution in [1.82, 2.24) is 4.98 Å². The number of pyridine rings is 1. The number of allylic oxidation sites excluding steroid dienone is 1. The molecule has 0 radical (unpaired) electrons. The van der Waals surface area contributed by atoms with Gasteiger partial charge in [-0.2, -0.15) is 0 Å². The fourth-order valence-corrected chi connectivity index (χ4v) is 4.34. The molecule has 0 amide bonds. The SMILES string of the molecule is C=CCCCc1cc(-c2cccc(C=Nc3c(C(C)C)cccc3C(C)C)n2)c(C)cc1C. The molecule has 0 aliphatic carbocycles. The van der Waals surface area contributed by atoms with Crippen LogP contribution in [0.3, 0.4) is 0 Å². The van der Waals surface area contributed by atoms with Gasteiger partial charge in [-0.15, -0.1) is 6.58 Å². The maximum atomic E-state index is 4.97. The van der Waals surface area contributed by atoms with E-state index < -0.39 is 0 Å². The molecule has 0 unspecified atom stereocenters. The van der Waals surface area contributed by atoms with Crippen molar-refractivity contribution in [1.29, 1.82) is 0 Å². The Morgan fingerprint density at radius 2 is 1.58 bits per heavy atom. The van der Waals surface area contributed by atoms with E-state index in [1.54, 1.807) is 0 Å². The Morgan fingerprint density at radius 3 is 2.21 bits per heavy atom. The maximum absolute atomic E-state index is 4.97. The lowest BCUT2D eigenvalue weighted by Gasteiger charge is -2.16. The van der Waals surface area contributed by atoms with E-state index in [-0.39, 0.29) is 0 Å². The summed E-state index contributed by atoms with van der Waals surface area (Å²) in [5, 5.41) is 0. The molecule has 0 aliphatic rings. The van der Waals surface area contributed by atoms with Gasteiger partial charge in [0.2, 0.25) is 0 Å². The average Bonchev–Trinajstić information content (AvgIpc) is 2.79. The molecule has 3 aromatic rings. The molecule has 0 spiro atoms. The molecule has 2 aromatic carbocycles. The molecule has 33 heavy (non-hydrogen) atoms. The predicted octanol–water partition coefficient (Wildman–Crippen LogP) is 8.87. The third-order valence-corrected chi connectivity index (χ3v) is 6.25. The molecule has 3 rings (SSSR count). The summed E-state index contributed by atoms with van der Waals surface area (Å²) in [6.45, 7) is 17.1. The normalized spacial score (nSPS) is 11.6. The lowest BCUT2D eigenvalue weighted by atomic mass is 9.93. The van der Waals surface area contributed by atoms with Crippen molar-refractivity contribution in [2.45, 2.75) is 72.6 Å². The van der Waals surface area contributed by atoms with Crippen LogP contribution >= 0.6 is 0 Å². The van der Waals surface area contributed by atoms with Gasteiger partial charge in [-0.1, -0.05) is 64.1 Å². The zero-order valence-electron chi connectivity index (χ0n) is 21.2. The van der Waals surface area contributed by atoms with E-state index in [0.29, 0.717) is 11.8 Å². The number of para-hydroxylation sites is 1. The smallest absolute Gasteiger partial charge is 0.0820 e. The van der Waals surface area contributed by atoms with E-state index >= 15 is 0 Å². The Morgan fingerprint density at radius 1 is 0.909 bits per heavy atom. The number of aliphatic imine (C=N–C) groups is 1. The van der Waals surface area contributed by atoms with Crippen molar-refractivity contribution in [2.75, 3.05) is 0 Å². The number of benzene rings is 2.